The number of thiophene rings is 1. The topological polar surface area (TPSA) is 130 Å². The van der Waals surface area contributed by atoms with Crippen molar-refractivity contribution in [1.29, 1.82) is 0 Å². The van der Waals surface area contributed by atoms with Crippen LogP contribution < -0.4 is 10.6 Å². The highest BCUT2D eigenvalue weighted by atomic mass is 32.2. The largest absolute Gasteiger partial charge is 0.504 e. The van der Waals surface area contributed by atoms with Gasteiger partial charge in [-0.15, -0.1) is 24.2 Å². The van der Waals surface area contributed by atoms with E-state index in [2.05, 4.69) is 95.6 Å². The van der Waals surface area contributed by atoms with E-state index in [0.717, 1.165) is 60.3 Å². The van der Waals surface area contributed by atoms with Gasteiger partial charge in [0.05, 0.1) is 30.2 Å². The van der Waals surface area contributed by atoms with Crippen LogP contribution in [0.3, 0.4) is 0 Å². The summed E-state index contributed by atoms with van der Waals surface area (Å²) in [5.74, 6) is 1.39. The molecule has 47 heavy (non-hydrogen) atoms. The van der Waals surface area contributed by atoms with Gasteiger partial charge in [-0.05, 0) is 52.3 Å². The van der Waals surface area contributed by atoms with E-state index in [9.17, 15) is 13.5 Å². The van der Waals surface area contributed by atoms with E-state index >= 15 is 0 Å². The number of rotatable bonds is 14. The number of aryl methyl sites for hydroxylation is 1. The number of furan rings is 1. The monoisotopic (exact) mass is 712 g/mol. The molecule has 0 aromatic carbocycles. The maximum Gasteiger partial charge on any atom is 0.256 e. The highest BCUT2D eigenvalue weighted by Crippen LogP contribution is 2.41. The standard InChI is InChI=1S/C19H26N6O4S3.C8H20N2.C3H8.C2H2/c1-3-4-13-9-14(29-11-13)10-20-17-18(23-31-22-17)21-15-12-30-19(16(15)26)32(27,28)25-7-5-24(2)6-8-25;1-5-9(3)7-8-10(4)6-2;1-3-2;1-2/h9,11-12,26H,3-8,10H2,1-2H3,(H,20,22)(H,21,23);5-8H2,1-4H3;3H2,1-2H3;1-2H. The number of anilines is 3. The molecule has 1 aliphatic rings. The lowest BCUT2D eigenvalue weighted by Crippen LogP contribution is -2.46. The summed E-state index contributed by atoms with van der Waals surface area (Å²) in [6.45, 7) is 17.9. The van der Waals surface area contributed by atoms with Gasteiger partial charge < -0.3 is 34.9 Å². The fraction of sp³-hybridized carbons (Fsp3) is 0.625. The van der Waals surface area contributed by atoms with Crippen LogP contribution in [0.4, 0.5) is 17.3 Å². The summed E-state index contributed by atoms with van der Waals surface area (Å²) in [6.07, 6.45) is 13.0. The first-order valence-corrected chi connectivity index (χ1v) is 19.1. The fourth-order valence-corrected chi connectivity index (χ4v) is 7.32. The minimum Gasteiger partial charge on any atom is -0.504 e. The normalized spacial score (nSPS) is 13.6. The Bertz CT molecular complexity index is 1370. The molecule has 1 fully saturated rings. The number of aromatic hydroxyl groups is 1. The van der Waals surface area contributed by atoms with Gasteiger partial charge >= 0.3 is 0 Å². The highest BCUT2D eigenvalue weighted by molar-refractivity contribution is 7.91. The van der Waals surface area contributed by atoms with Gasteiger partial charge in [0.1, 0.15) is 5.76 Å². The maximum absolute atomic E-state index is 13.0. The number of piperazine rings is 1. The minimum absolute atomic E-state index is 0.0682. The first kappa shape index (κ1) is 42.3. The van der Waals surface area contributed by atoms with Gasteiger partial charge in [0.15, 0.2) is 21.6 Å². The molecular weight excluding hydrogens is 657 g/mol. The van der Waals surface area contributed by atoms with Crippen LogP contribution in [0, 0.1) is 12.8 Å². The van der Waals surface area contributed by atoms with Gasteiger partial charge in [0, 0.05) is 44.6 Å². The number of nitrogens with one attached hydrogen (secondary N) is 2. The zero-order valence-electron chi connectivity index (χ0n) is 29.5. The lowest BCUT2D eigenvalue weighted by molar-refractivity contribution is 0.222. The van der Waals surface area contributed by atoms with Crippen molar-refractivity contribution in [3.8, 4) is 18.6 Å². The van der Waals surface area contributed by atoms with Gasteiger partial charge in [-0.1, -0.05) is 47.5 Å². The maximum atomic E-state index is 13.0. The molecule has 0 spiro atoms. The fourth-order valence-electron chi connectivity index (χ4n) is 4.03. The Morgan fingerprint density at radius 2 is 1.57 bits per heavy atom. The average Bonchev–Trinajstić information content (AvgIpc) is 3.81. The zero-order valence-corrected chi connectivity index (χ0v) is 31.9. The second-order valence-corrected chi connectivity index (χ2v) is 14.6. The smallest absolute Gasteiger partial charge is 0.256 e. The number of aromatic nitrogens is 2. The molecule has 0 radical (unpaired) electrons. The summed E-state index contributed by atoms with van der Waals surface area (Å²) in [6, 6.07) is 2.00. The molecule has 0 unspecified atom stereocenters. The molecule has 0 amide bonds. The molecule has 0 saturated carbocycles. The average molecular weight is 713 g/mol. The molecule has 266 valence electrons. The zero-order chi connectivity index (χ0) is 35.4. The summed E-state index contributed by atoms with van der Waals surface area (Å²) >= 11 is 2.00. The molecule has 12 nitrogen and oxygen atoms in total. The summed E-state index contributed by atoms with van der Waals surface area (Å²) in [5.41, 5.74) is 1.43. The van der Waals surface area contributed by atoms with E-state index in [1.54, 1.807) is 11.6 Å². The Kier molecular flexibility index (Phi) is 20.5. The SMILES string of the molecule is C#C.CCC.CCCc1coc(CNc2nsnc2Nc2csc(S(=O)(=O)N3CCN(C)CC3)c2O)c1.CCN(C)CCN(C)CC. The van der Waals surface area contributed by atoms with E-state index in [4.69, 9.17) is 4.42 Å². The van der Waals surface area contributed by atoms with Crippen LogP contribution in [0.15, 0.2) is 26.3 Å². The van der Waals surface area contributed by atoms with Crippen LogP contribution in [0.25, 0.3) is 0 Å². The van der Waals surface area contributed by atoms with Crippen LogP contribution in [0.5, 0.6) is 5.75 Å². The Hall–Kier alpha value is -2.71. The van der Waals surface area contributed by atoms with E-state index in [0.29, 0.717) is 44.4 Å². The Labute approximate surface area is 291 Å². The number of nitrogens with zero attached hydrogens (tertiary/aromatic N) is 6. The molecular formula is C32H56N8O4S3. The number of likely N-dealkylation sites (N-methyl/N-ethyl adjacent to an activating group) is 3. The summed E-state index contributed by atoms with van der Waals surface area (Å²) < 4.78 is 41.3. The van der Waals surface area contributed by atoms with E-state index < -0.39 is 10.0 Å². The van der Waals surface area contributed by atoms with Crippen molar-refractivity contribution < 1.29 is 17.9 Å². The third-order valence-corrected chi connectivity index (χ3v) is 11.0. The van der Waals surface area contributed by atoms with Gasteiger partial charge in [0.25, 0.3) is 10.0 Å². The third-order valence-electron chi connectivity index (χ3n) is 7.13. The molecule has 3 N–H and O–H groups in total. The van der Waals surface area contributed by atoms with Crippen LogP contribution >= 0.6 is 23.1 Å². The van der Waals surface area contributed by atoms with Crippen molar-refractivity contribution in [3.63, 3.8) is 0 Å². The third kappa shape index (κ3) is 14.1. The Balaban J connectivity index is 0.000000621. The van der Waals surface area contributed by atoms with Gasteiger partial charge in [0.2, 0.25) is 0 Å². The van der Waals surface area contributed by atoms with Crippen molar-refractivity contribution in [2.24, 2.45) is 0 Å². The van der Waals surface area contributed by atoms with Crippen molar-refractivity contribution in [2.45, 2.75) is 64.6 Å². The number of sulfonamides is 1. The van der Waals surface area contributed by atoms with Crippen molar-refractivity contribution in [1.82, 2.24) is 27.8 Å². The van der Waals surface area contributed by atoms with Crippen LogP contribution in [-0.2, 0) is 23.0 Å². The van der Waals surface area contributed by atoms with Crippen LogP contribution in [-0.4, -0.2) is 115 Å². The summed E-state index contributed by atoms with van der Waals surface area (Å²) in [5, 5.41) is 18.4. The lowest BCUT2D eigenvalue weighted by Gasteiger charge is -2.31. The first-order chi connectivity index (χ1) is 22.5. The summed E-state index contributed by atoms with van der Waals surface area (Å²) in [4.78, 5) is 6.72. The molecule has 15 heteroatoms. The predicted octanol–water partition coefficient (Wildman–Crippen LogP) is 5.70. The van der Waals surface area contributed by atoms with Crippen molar-refractivity contribution in [3.05, 3.63) is 29.0 Å². The number of hydrogen-bond donors (Lipinski definition) is 3. The van der Waals surface area contributed by atoms with E-state index in [-0.39, 0.29) is 15.6 Å². The highest BCUT2D eigenvalue weighted by Gasteiger charge is 2.32. The Morgan fingerprint density at radius 1 is 1.00 bits per heavy atom. The molecule has 3 aromatic heterocycles. The molecule has 3 aromatic rings. The van der Waals surface area contributed by atoms with Gasteiger partial charge in [-0.2, -0.15) is 13.1 Å². The van der Waals surface area contributed by atoms with Crippen molar-refractivity contribution >= 4 is 50.4 Å². The van der Waals surface area contributed by atoms with E-state index in [1.165, 1.54) is 23.8 Å². The first-order valence-electron chi connectivity index (χ1n) is 16.1. The van der Waals surface area contributed by atoms with E-state index in [1.807, 2.05) is 13.1 Å². The molecule has 4 rings (SSSR count). The number of hydrogen-bond acceptors (Lipinski definition) is 13. The molecule has 4 heterocycles. The lowest BCUT2D eigenvalue weighted by atomic mass is 10.2. The Morgan fingerprint density at radius 3 is 2.13 bits per heavy atom. The molecule has 0 bridgehead atoms. The van der Waals surface area contributed by atoms with Gasteiger partial charge in [-0.25, -0.2) is 8.42 Å². The molecule has 0 atom stereocenters. The second-order valence-electron chi connectivity index (χ2n) is 11.1. The second kappa shape index (κ2) is 22.8. The van der Waals surface area contributed by atoms with Crippen molar-refractivity contribution in [2.75, 3.05) is 84.1 Å². The van der Waals surface area contributed by atoms with Crippen LogP contribution in [0.2, 0.25) is 0 Å². The molecule has 1 saturated heterocycles. The quantitative estimate of drug-likeness (QED) is 0.178. The molecule has 1 aliphatic heterocycles. The van der Waals surface area contributed by atoms with Crippen LogP contribution in [0.1, 0.15) is 58.8 Å². The number of terminal acetylenes is 1. The van der Waals surface area contributed by atoms with Gasteiger partial charge in [-0.3, -0.25) is 0 Å². The summed E-state index contributed by atoms with van der Waals surface area (Å²) in [7, 11) is 2.51. The molecule has 0 aliphatic carbocycles. The predicted molar refractivity (Wildman–Crippen MR) is 198 cm³/mol. The minimum atomic E-state index is -3.76.